The molecule has 4 atom stereocenters. The van der Waals surface area contributed by atoms with Gasteiger partial charge >= 0.3 is 5.97 Å². The van der Waals surface area contributed by atoms with Crippen molar-refractivity contribution in [2.24, 2.45) is 22.9 Å². The minimum atomic E-state index is -1.53. The van der Waals surface area contributed by atoms with Gasteiger partial charge < -0.3 is 49.1 Å². The number of carbonyl (C=O) groups is 5. The molecule has 0 bridgehead atoms. The van der Waals surface area contributed by atoms with Crippen LogP contribution in [-0.2, 0) is 24.0 Å². The van der Waals surface area contributed by atoms with Gasteiger partial charge in [0.05, 0.1) is 19.1 Å². The summed E-state index contributed by atoms with van der Waals surface area (Å²) in [5.41, 5.74) is 21.7. The largest absolute Gasteiger partial charge is 0.480 e. The first-order valence-corrected chi connectivity index (χ1v) is 10.8. The van der Waals surface area contributed by atoms with E-state index < -0.39 is 66.8 Å². The maximum absolute atomic E-state index is 12.6. The Balaban J connectivity index is 5.13. The van der Waals surface area contributed by atoms with Crippen LogP contribution in [0.3, 0.4) is 0 Å². The maximum atomic E-state index is 12.6. The summed E-state index contributed by atoms with van der Waals surface area (Å²) < 4.78 is 0. The zero-order chi connectivity index (χ0) is 25.4. The van der Waals surface area contributed by atoms with Gasteiger partial charge in [0.1, 0.15) is 18.1 Å². The van der Waals surface area contributed by atoms with E-state index in [-0.39, 0.29) is 6.42 Å². The number of aliphatic hydroxyl groups excluding tert-OH is 1. The molecule has 4 unspecified atom stereocenters. The van der Waals surface area contributed by atoms with Crippen LogP contribution in [0.15, 0.2) is 0 Å². The highest BCUT2D eigenvalue weighted by molar-refractivity contribution is 5.96. The molecule has 0 aliphatic heterocycles. The smallest absolute Gasteiger partial charge is 0.326 e. The second kappa shape index (κ2) is 16.8. The van der Waals surface area contributed by atoms with E-state index in [9.17, 15) is 34.2 Å². The first-order valence-electron chi connectivity index (χ1n) is 10.8. The molecule has 33 heavy (non-hydrogen) atoms. The van der Waals surface area contributed by atoms with Crippen molar-refractivity contribution in [2.45, 2.75) is 69.1 Å². The first kappa shape index (κ1) is 30.2. The van der Waals surface area contributed by atoms with Gasteiger partial charge in [-0.15, -0.1) is 0 Å². The van der Waals surface area contributed by atoms with Crippen molar-refractivity contribution < 1.29 is 34.2 Å². The van der Waals surface area contributed by atoms with Gasteiger partial charge in [-0.25, -0.2) is 4.79 Å². The summed E-state index contributed by atoms with van der Waals surface area (Å²) in [7, 11) is 0. The number of nitrogens with one attached hydrogen (secondary N) is 3. The van der Waals surface area contributed by atoms with E-state index in [1.54, 1.807) is 0 Å². The third-order valence-corrected chi connectivity index (χ3v) is 4.72. The highest BCUT2D eigenvalue weighted by Crippen LogP contribution is 2.03. The number of carboxylic acid groups (broad SMARTS) is 1. The van der Waals surface area contributed by atoms with Crippen LogP contribution in [0.5, 0.6) is 0 Å². The van der Waals surface area contributed by atoms with Crippen LogP contribution in [0.2, 0.25) is 0 Å². The number of primary amides is 1. The Morgan fingerprint density at radius 3 is 1.70 bits per heavy atom. The summed E-state index contributed by atoms with van der Waals surface area (Å²) in [6.45, 7) is -0.0662. The minimum Gasteiger partial charge on any atom is -0.480 e. The molecule has 0 saturated heterocycles. The Kier molecular flexibility index (Phi) is 15.3. The zero-order valence-corrected chi connectivity index (χ0v) is 18.6. The number of nitrogens with two attached hydrogens (primary N) is 4. The molecule has 0 radical (unpaired) electrons. The van der Waals surface area contributed by atoms with E-state index in [1.165, 1.54) is 0 Å². The first-order chi connectivity index (χ1) is 15.6. The van der Waals surface area contributed by atoms with Gasteiger partial charge in [-0.05, 0) is 45.2 Å². The van der Waals surface area contributed by atoms with Crippen LogP contribution in [0.4, 0.5) is 0 Å². The fraction of sp³-hybridized carbons (Fsp3) is 0.737. The van der Waals surface area contributed by atoms with Gasteiger partial charge in [-0.2, -0.15) is 0 Å². The highest BCUT2D eigenvalue weighted by atomic mass is 16.4. The molecular weight excluding hydrogens is 438 g/mol. The molecule has 0 aromatic carbocycles. The van der Waals surface area contributed by atoms with E-state index >= 15 is 0 Å². The Morgan fingerprint density at radius 2 is 1.21 bits per heavy atom. The van der Waals surface area contributed by atoms with Gasteiger partial charge in [0.25, 0.3) is 0 Å². The number of unbranched alkanes of at least 4 members (excludes halogenated alkanes) is 2. The third kappa shape index (κ3) is 12.7. The van der Waals surface area contributed by atoms with Gasteiger partial charge in [-0.1, -0.05) is 6.42 Å². The number of aliphatic carboxylic acids is 1. The molecule has 0 fully saturated rings. The average molecular weight is 476 g/mol. The van der Waals surface area contributed by atoms with Gasteiger partial charge in [0.15, 0.2) is 0 Å². The van der Waals surface area contributed by atoms with Crippen LogP contribution in [0.1, 0.15) is 44.9 Å². The average Bonchev–Trinajstić information content (AvgIpc) is 2.75. The van der Waals surface area contributed by atoms with Crippen molar-refractivity contribution in [3.8, 4) is 0 Å². The summed E-state index contributed by atoms with van der Waals surface area (Å²) in [5.74, 6) is -4.81. The van der Waals surface area contributed by atoms with E-state index in [0.29, 0.717) is 45.2 Å². The molecular formula is C19H37N7O7. The van der Waals surface area contributed by atoms with E-state index in [0.717, 1.165) is 0 Å². The summed E-state index contributed by atoms with van der Waals surface area (Å²) in [5, 5.41) is 25.5. The van der Waals surface area contributed by atoms with E-state index in [2.05, 4.69) is 16.0 Å². The third-order valence-electron chi connectivity index (χ3n) is 4.72. The van der Waals surface area contributed by atoms with Crippen LogP contribution in [0.25, 0.3) is 0 Å². The van der Waals surface area contributed by atoms with Crippen LogP contribution >= 0.6 is 0 Å². The molecule has 0 saturated carbocycles. The van der Waals surface area contributed by atoms with Gasteiger partial charge in [0.2, 0.25) is 23.6 Å². The SMILES string of the molecule is NCCCCC(N)C(=O)NC(CC(N)=O)C(=O)NC(CO)C(=O)NC(CCCCN)C(=O)O. The van der Waals surface area contributed by atoms with E-state index in [4.69, 9.17) is 22.9 Å². The molecule has 4 amide bonds. The minimum absolute atomic E-state index is 0.104. The van der Waals surface area contributed by atoms with Gasteiger partial charge in [-0.3, -0.25) is 19.2 Å². The van der Waals surface area contributed by atoms with Crippen LogP contribution in [-0.4, -0.2) is 83.7 Å². The lowest BCUT2D eigenvalue weighted by molar-refractivity contribution is -0.143. The number of carbonyl (C=O) groups excluding carboxylic acids is 4. The Bertz CT molecular complexity index is 662. The lowest BCUT2D eigenvalue weighted by atomic mass is 10.1. The summed E-state index contributed by atoms with van der Waals surface area (Å²) >= 11 is 0. The number of hydrogen-bond acceptors (Lipinski definition) is 9. The topological polar surface area (TPSA) is 266 Å². The van der Waals surface area contributed by atoms with Crippen molar-refractivity contribution in [3.63, 3.8) is 0 Å². The normalized spacial score (nSPS) is 14.4. The molecule has 0 aromatic rings. The monoisotopic (exact) mass is 475 g/mol. The molecule has 0 heterocycles. The van der Waals surface area contributed by atoms with Crippen LogP contribution in [0, 0.1) is 0 Å². The predicted molar refractivity (Wildman–Crippen MR) is 118 cm³/mol. The van der Waals surface area contributed by atoms with Crippen molar-refractivity contribution >= 4 is 29.6 Å². The number of carboxylic acids is 1. The summed E-state index contributed by atoms with van der Waals surface area (Å²) in [6.07, 6.45) is 2.07. The highest BCUT2D eigenvalue weighted by Gasteiger charge is 2.30. The summed E-state index contributed by atoms with van der Waals surface area (Å²) in [4.78, 5) is 60.0. The molecule has 13 N–H and O–H groups in total. The van der Waals surface area contributed by atoms with Gasteiger partial charge in [0, 0.05) is 0 Å². The Hall–Kier alpha value is -2.81. The second-order valence-electron chi connectivity index (χ2n) is 7.55. The van der Waals surface area contributed by atoms with Crippen molar-refractivity contribution in [1.82, 2.24) is 16.0 Å². The molecule has 14 nitrogen and oxygen atoms in total. The van der Waals surface area contributed by atoms with E-state index in [1.807, 2.05) is 0 Å². The quantitative estimate of drug-likeness (QED) is 0.0866. The molecule has 0 aliphatic carbocycles. The Morgan fingerprint density at radius 1 is 0.727 bits per heavy atom. The number of aliphatic hydroxyl groups is 1. The number of rotatable bonds is 18. The number of amides is 4. The zero-order valence-electron chi connectivity index (χ0n) is 18.6. The van der Waals surface area contributed by atoms with Crippen molar-refractivity contribution in [1.29, 1.82) is 0 Å². The standard InChI is InChI=1S/C19H37N7O7/c20-7-3-1-5-11(22)16(29)25-13(9-15(23)28)17(30)26-14(10-27)18(31)24-12(19(32)33)6-2-4-8-21/h11-14,27H,1-10,20-22H2,(H2,23,28)(H,24,31)(H,25,29)(H,26,30)(H,32,33). The van der Waals surface area contributed by atoms with Crippen molar-refractivity contribution in [2.75, 3.05) is 19.7 Å². The van der Waals surface area contributed by atoms with Crippen LogP contribution < -0.4 is 38.9 Å². The molecule has 0 rings (SSSR count). The molecule has 0 aliphatic rings. The lowest BCUT2D eigenvalue weighted by Gasteiger charge is -2.24. The number of hydrogen-bond donors (Lipinski definition) is 9. The molecule has 0 spiro atoms. The lowest BCUT2D eigenvalue weighted by Crippen LogP contribution is -2.58. The fourth-order valence-electron chi connectivity index (χ4n) is 2.82. The molecule has 0 aromatic heterocycles. The fourth-order valence-corrected chi connectivity index (χ4v) is 2.82. The summed E-state index contributed by atoms with van der Waals surface area (Å²) in [6, 6.07) is -5.18. The van der Waals surface area contributed by atoms with Crippen molar-refractivity contribution in [3.05, 3.63) is 0 Å². The maximum Gasteiger partial charge on any atom is 0.326 e. The molecule has 190 valence electrons. The molecule has 14 heteroatoms. The second-order valence-corrected chi connectivity index (χ2v) is 7.55. The Labute approximate surface area is 192 Å². The predicted octanol–water partition coefficient (Wildman–Crippen LogP) is -4.02.